The molecule has 0 radical (unpaired) electrons. The van der Waals surface area contributed by atoms with Gasteiger partial charge in [-0.25, -0.2) is 10.2 Å². The molecular formula is C21H23N3O3. The number of para-hydroxylation sites is 1. The highest BCUT2D eigenvalue weighted by Crippen LogP contribution is 2.21. The van der Waals surface area contributed by atoms with Gasteiger partial charge in [0.25, 0.3) is 0 Å². The molecule has 140 valence electrons. The van der Waals surface area contributed by atoms with Crippen molar-refractivity contribution in [2.24, 2.45) is 5.10 Å². The quantitative estimate of drug-likeness (QED) is 0.530. The second-order valence-electron chi connectivity index (χ2n) is 6.33. The summed E-state index contributed by atoms with van der Waals surface area (Å²) in [6, 6.07) is 14.3. The molecule has 1 aromatic heterocycles. The molecule has 1 N–H and O–H groups in total. The predicted molar refractivity (Wildman–Crippen MR) is 106 cm³/mol. The Morgan fingerprint density at radius 2 is 1.93 bits per heavy atom. The number of ether oxygens (including phenoxy) is 2. The first-order valence-electron chi connectivity index (χ1n) is 8.73. The molecule has 3 rings (SSSR count). The molecule has 1 heterocycles. The van der Waals surface area contributed by atoms with Gasteiger partial charge in [-0.3, -0.25) is 0 Å². The van der Waals surface area contributed by atoms with Gasteiger partial charge in [0, 0.05) is 22.7 Å². The molecule has 6 heteroatoms. The summed E-state index contributed by atoms with van der Waals surface area (Å²) in [5.41, 5.74) is 6.68. The lowest BCUT2D eigenvalue weighted by atomic mass is 10.1. The van der Waals surface area contributed by atoms with Gasteiger partial charge in [0.15, 0.2) is 0 Å². The van der Waals surface area contributed by atoms with E-state index in [1.54, 1.807) is 6.21 Å². The minimum absolute atomic E-state index is 0.554. The zero-order chi connectivity index (χ0) is 19.2. The van der Waals surface area contributed by atoms with Crippen LogP contribution in [-0.4, -0.2) is 30.6 Å². The standard InChI is InChI=1S/C21H23N3O3/c1-15-10-16(2)12-18(11-15)27-9-8-24-14-17(13-22-23-21(25)26-3)19-6-4-5-7-20(19)24/h4-7,10-14H,8-9H2,1-3H3,(H,23,25)/b22-13-. The Bertz CT molecular complexity index is 956. The third-order valence-electron chi connectivity index (χ3n) is 4.16. The predicted octanol–water partition coefficient (Wildman–Crippen LogP) is 4.03. The van der Waals surface area contributed by atoms with E-state index in [4.69, 9.17) is 4.74 Å². The summed E-state index contributed by atoms with van der Waals surface area (Å²) >= 11 is 0. The zero-order valence-electron chi connectivity index (χ0n) is 15.7. The average molecular weight is 365 g/mol. The van der Waals surface area contributed by atoms with E-state index in [2.05, 4.69) is 45.8 Å². The van der Waals surface area contributed by atoms with Crippen molar-refractivity contribution >= 4 is 23.2 Å². The number of nitrogens with one attached hydrogen (secondary N) is 1. The summed E-state index contributed by atoms with van der Waals surface area (Å²) in [5.74, 6) is 0.882. The zero-order valence-corrected chi connectivity index (χ0v) is 15.7. The second kappa shape index (κ2) is 8.40. The molecule has 2 aromatic carbocycles. The largest absolute Gasteiger partial charge is 0.492 e. The van der Waals surface area contributed by atoms with Crippen LogP contribution in [-0.2, 0) is 11.3 Å². The first-order chi connectivity index (χ1) is 13.1. The normalized spacial score (nSPS) is 11.1. The molecule has 0 saturated carbocycles. The highest BCUT2D eigenvalue weighted by Gasteiger charge is 2.07. The Kier molecular flexibility index (Phi) is 5.76. The molecule has 0 spiro atoms. The van der Waals surface area contributed by atoms with Gasteiger partial charge in [-0.15, -0.1) is 0 Å². The van der Waals surface area contributed by atoms with Crippen LogP contribution in [0.25, 0.3) is 10.9 Å². The van der Waals surface area contributed by atoms with Crippen LogP contribution in [0.4, 0.5) is 4.79 Å². The molecule has 0 unspecified atom stereocenters. The van der Waals surface area contributed by atoms with Gasteiger partial charge >= 0.3 is 6.09 Å². The lowest BCUT2D eigenvalue weighted by Gasteiger charge is -2.10. The van der Waals surface area contributed by atoms with Crippen LogP contribution in [0.2, 0.25) is 0 Å². The molecule has 3 aromatic rings. The van der Waals surface area contributed by atoms with Crippen LogP contribution in [0.5, 0.6) is 5.75 Å². The van der Waals surface area contributed by atoms with Gasteiger partial charge < -0.3 is 14.0 Å². The maximum atomic E-state index is 11.1. The highest BCUT2D eigenvalue weighted by molar-refractivity contribution is 5.99. The Hall–Kier alpha value is -3.28. The van der Waals surface area contributed by atoms with Crippen molar-refractivity contribution in [2.45, 2.75) is 20.4 Å². The molecular weight excluding hydrogens is 342 g/mol. The van der Waals surface area contributed by atoms with Crippen molar-refractivity contribution in [1.29, 1.82) is 0 Å². The number of fused-ring (bicyclic) bond motifs is 1. The molecule has 0 aliphatic rings. The summed E-state index contributed by atoms with van der Waals surface area (Å²) in [6.07, 6.45) is 3.01. The SMILES string of the molecule is COC(=O)N/N=C\c1cn(CCOc2cc(C)cc(C)c2)c2ccccc12. The van der Waals surface area contributed by atoms with Crippen LogP contribution in [0.1, 0.15) is 16.7 Å². The molecule has 1 amide bonds. The minimum atomic E-state index is -0.600. The Labute approximate surface area is 158 Å². The second-order valence-corrected chi connectivity index (χ2v) is 6.33. The number of amides is 1. The van der Waals surface area contributed by atoms with Gasteiger partial charge in [0.2, 0.25) is 0 Å². The van der Waals surface area contributed by atoms with Crippen LogP contribution in [0.15, 0.2) is 53.8 Å². The van der Waals surface area contributed by atoms with Gasteiger partial charge in [0.1, 0.15) is 12.4 Å². The molecule has 27 heavy (non-hydrogen) atoms. The fourth-order valence-electron chi connectivity index (χ4n) is 3.04. The number of aromatic nitrogens is 1. The summed E-state index contributed by atoms with van der Waals surface area (Å²) in [6.45, 7) is 5.38. The van der Waals surface area contributed by atoms with Gasteiger partial charge in [-0.2, -0.15) is 5.10 Å². The van der Waals surface area contributed by atoms with E-state index in [-0.39, 0.29) is 0 Å². The van der Waals surface area contributed by atoms with E-state index >= 15 is 0 Å². The summed E-state index contributed by atoms with van der Waals surface area (Å²) in [5, 5.41) is 4.98. The van der Waals surface area contributed by atoms with E-state index in [1.165, 1.54) is 18.2 Å². The van der Waals surface area contributed by atoms with Crippen molar-refractivity contribution in [1.82, 2.24) is 9.99 Å². The fourth-order valence-corrected chi connectivity index (χ4v) is 3.04. The Morgan fingerprint density at radius 1 is 1.19 bits per heavy atom. The summed E-state index contributed by atoms with van der Waals surface area (Å²) in [7, 11) is 1.30. The number of carbonyl (C=O) groups is 1. The lowest BCUT2D eigenvalue weighted by Crippen LogP contribution is -2.16. The van der Waals surface area contributed by atoms with Crippen LogP contribution in [0.3, 0.4) is 0 Å². The van der Waals surface area contributed by atoms with Crippen molar-refractivity contribution in [2.75, 3.05) is 13.7 Å². The van der Waals surface area contributed by atoms with E-state index in [1.807, 2.05) is 36.5 Å². The number of methoxy groups -OCH3 is 1. The number of rotatable bonds is 6. The molecule has 0 bridgehead atoms. The van der Waals surface area contributed by atoms with E-state index in [9.17, 15) is 4.79 Å². The number of hydrogen-bond donors (Lipinski definition) is 1. The number of nitrogens with zero attached hydrogens (tertiary/aromatic N) is 2. The molecule has 0 aliphatic carbocycles. The van der Waals surface area contributed by atoms with Gasteiger partial charge in [0.05, 0.1) is 19.9 Å². The average Bonchev–Trinajstić information content (AvgIpc) is 2.99. The van der Waals surface area contributed by atoms with Crippen molar-refractivity contribution < 1.29 is 14.3 Å². The van der Waals surface area contributed by atoms with Crippen LogP contribution in [0, 0.1) is 13.8 Å². The molecule has 0 atom stereocenters. The topological polar surface area (TPSA) is 64.8 Å². The molecule has 0 aliphatic heterocycles. The van der Waals surface area contributed by atoms with E-state index in [0.29, 0.717) is 13.2 Å². The van der Waals surface area contributed by atoms with Gasteiger partial charge in [-0.05, 0) is 43.2 Å². The Balaban J connectivity index is 1.73. The highest BCUT2D eigenvalue weighted by atomic mass is 16.5. The number of carbonyl (C=O) groups excluding carboxylic acids is 1. The third kappa shape index (κ3) is 4.67. The molecule has 6 nitrogen and oxygen atoms in total. The van der Waals surface area contributed by atoms with Crippen molar-refractivity contribution in [3.63, 3.8) is 0 Å². The first-order valence-corrected chi connectivity index (χ1v) is 8.73. The summed E-state index contributed by atoms with van der Waals surface area (Å²) in [4.78, 5) is 11.1. The van der Waals surface area contributed by atoms with Crippen molar-refractivity contribution in [3.8, 4) is 5.75 Å². The van der Waals surface area contributed by atoms with Crippen LogP contribution < -0.4 is 10.2 Å². The smallest absolute Gasteiger partial charge is 0.427 e. The third-order valence-corrected chi connectivity index (χ3v) is 4.16. The maximum Gasteiger partial charge on any atom is 0.427 e. The van der Waals surface area contributed by atoms with Crippen LogP contribution >= 0.6 is 0 Å². The minimum Gasteiger partial charge on any atom is -0.492 e. The lowest BCUT2D eigenvalue weighted by molar-refractivity contribution is 0.171. The van der Waals surface area contributed by atoms with E-state index < -0.39 is 6.09 Å². The van der Waals surface area contributed by atoms with Crippen molar-refractivity contribution in [3.05, 3.63) is 65.4 Å². The fraction of sp³-hybridized carbons (Fsp3) is 0.238. The molecule has 0 saturated heterocycles. The monoisotopic (exact) mass is 365 g/mol. The van der Waals surface area contributed by atoms with Gasteiger partial charge in [-0.1, -0.05) is 24.3 Å². The Morgan fingerprint density at radius 3 is 2.67 bits per heavy atom. The summed E-state index contributed by atoms with van der Waals surface area (Å²) < 4.78 is 12.6. The number of hydrazone groups is 1. The maximum absolute atomic E-state index is 11.1. The number of benzene rings is 2. The number of hydrogen-bond acceptors (Lipinski definition) is 4. The molecule has 0 fully saturated rings. The number of aryl methyl sites for hydroxylation is 2. The van der Waals surface area contributed by atoms with E-state index in [0.717, 1.165) is 22.2 Å². The first kappa shape index (κ1) is 18.5.